The molecule has 0 N–H and O–H groups in total. The number of aromatic nitrogens is 5. The van der Waals surface area contributed by atoms with E-state index < -0.39 is 0 Å². The summed E-state index contributed by atoms with van der Waals surface area (Å²) in [7, 11) is 2.05. The molecule has 0 radical (unpaired) electrons. The number of ether oxygens (including phenoxy) is 1. The molecule has 7 nitrogen and oxygen atoms in total. The van der Waals surface area contributed by atoms with Gasteiger partial charge in [-0.05, 0) is 18.6 Å². The topological polar surface area (TPSA) is 69.0 Å². The second-order valence-electron chi connectivity index (χ2n) is 6.24. The average molecular weight is 356 g/mol. The molecule has 0 unspecified atom stereocenters. The van der Waals surface area contributed by atoms with E-state index in [1.54, 1.807) is 17.5 Å². The minimum Gasteiger partial charge on any atom is -0.376 e. The van der Waals surface area contributed by atoms with Gasteiger partial charge >= 0.3 is 0 Å². The highest BCUT2D eigenvalue weighted by molar-refractivity contribution is 7.15. The molecule has 0 amide bonds. The van der Waals surface area contributed by atoms with Gasteiger partial charge in [0.1, 0.15) is 5.01 Å². The predicted molar refractivity (Wildman–Crippen MR) is 95.5 cm³/mol. The number of hydrogen-bond acceptors (Lipinski definition) is 7. The molecule has 130 valence electrons. The van der Waals surface area contributed by atoms with Gasteiger partial charge in [-0.3, -0.25) is 4.98 Å². The molecule has 1 aliphatic rings. The molecule has 3 aromatic rings. The van der Waals surface area contributed by atoms with E-state index in [4.69, 9.17) is 4.74 Å². The van der Waals surface area contributed by atoms with Crippen LogP contribution in [0.1, 0.15) is 27.9 Å². The summed E-state index contributed by atoms with van der Waals surface area (Å²) < 4.78 is 8.10. The van der Waals surface area contributed by atoms with Crippen molar-refractivity contribution in [3.05, 3.63) is 52.8 Å². The predicted octanol–water partition coefficient (Wildman–Crippen LogP) is 2.30. The van der Waals surface area contributed by atoms with E-state index in [1.807, 2.05) is 38.6 Å². The smallest absolute Gasteiger partial charge is 0.208 e. The first kappa shape index (κ1) is 16.2. The number of anilines is 1. The summed E-state index contributed by atoms with van der Waals surface area (Å²) in [5.74, 6) is 0.247. The number of hydrogen-bond donors (Lipinski definition) is 0. The molecule has 0 saturated carbocycles. The Bertz CT molecular complexity index is 846. The Morgan fingerprint density at radius 2 is 2.28 bits per heavy atom. The molecule has 0 aliphatic carbocycles. The Balaban J connectivity index is 1.49. The Hall–Kier alpha value is -2.32. The molecule has 1 atom stereocenters. The normalized spacial score (nSPS) is 16.9. The van der Waals surface area contributed by atoms with E-state index in [9.17, 15) is 0 Å². The van der Waals surface area contributed by atoms with Gasteiger partial charge in [0.05, 0.1) is 31.8 Å². The highest BCUT2D eigenvalue weighted by Gasteiger charge is 2.30. The summed E-state index contributed by atoms with van der Waals surface area (Å²) in [5, 5.41) is 10.4. The first-order chi connectivity index (χ1) is 12.2. The zero-order chi connectivity index (χ0) is 17.2. The van der Waals surface area contributed by atoms with Crippen LogP contribution in [0.5, 0.6) is 0 Å². The number of nitrogens with zero attached hydrogens (tertiary/aromatic N) is 6. The molecule has 25 heavy (non-hydrogen) atoms. The summed E-state index contributed by atoms with van der Waals surface area (Å²) in [4.78, 5) is 10.9. The molecule has 0 fully saturated rings. The van der Waals surface area contributed by atoms with Gasteiger partial charge in [-0.25, -0.2) is 4.98 Å². The lowest BCUT2D eigenvalue weighted by Gasteiger charge is -2.32. The molecular weight excluding hydrogens is 336 g/mol. The summed E-state index contributed by atoms with van der Waals surface area (Å²) >= 11 is 1.62. The summed E-state index contributed by atoms with van der Waals surface area (Å²) in [6.45, 7) is 4.80. The third kappa shape index (κ3) is 3.40. The first-order valence-electron chi connectivity index (χ1n) is 8.22. The maximum absolute atomic E-state index is 5.99. The van der Waals surface area contributed by atoms with Crippen LogP contribution in [0.4, 0.5) is 5.13 Å². The van der Waals surface area contributed by atoms with Crippen LogP contribution in [0.3, 0.4) is 0 Å². The Morgan fingerprint density at radius 1 is 1.36 bits per heavy atom. The first-order valence-corrected chi connectivity index (χ1v) is 9.04. The molecule has 0 saturated heterocycles. The highest BCUT2D eigenvalue weighted by Crippen LogP contribution is 2.32. The summed E-state index contributed by atoms with van der Waals surface area (Å²) in [6.07, 6.45) is 5.49. The van der Waals surface area contributed by atoms with Crippen LogP contribution in [0, 0.1) is 6.92 Å². The fourth-order valence-electron chi connectivity index (χ4n) is 3.23. The van der Waals surface area contributed by atoms with Crippen LogP contribution in [0.2, 0.25) is 0 Å². The number of fused-ring (bicyclic) bond motifs is 1. The Kier molecular flexibility index (Phi) is 4.46. The standard InChI is InChI=1S/C17H20N6OS/c1-12-20-21-17(25-12)23-7-14(16-15(8-23)19-11-22(16)2)10-24-9-13-4-3-5-18-6-13/h3-6,11,14H,7-10H2,1-2H3/t14-/m1/s1. The third-order valence-corrected chi connectivity index (χ3v) is 5.23. The van der Waals surface area contributed by atoms with Gasteiger partial charge in [0.2, 0.25) is 5.13 Å². The van der Waals surface area contributed by atoms with E-state index in [1.165, 1.54) is 5.69 Å². The van der Waals surface area contributed by atoms with Gasteiger partial charge in [-0.1, -0.05) is 17.4 Å². The zero-order valence-corrected chi connectivity index (χ0v) is 15.1. The summed E-state index contributed by atoms with van der Waals surface area (Å²) in [6, 6.07) is 3.96. The average Bonchev–Trinajstić information content (AvgIpc) is 3.22. The molecule has 4 heterocycles. The van der Waals surface area contributed by atoms with Crippen LogP contribution in [0.25, 0.3) is 0 Å². The van der Waals surface area contributed by atoms with Crippen LogP contribution in [0.15, 0.2) is 30.9 Å². The van der Waals surface area contributed by atoms with Crippen molar-refractivity contribution in [2.45, 2.75) is 26.0 Å². The van der Waals surface area contributed by atoms with Gasteiger partial charge < -0.3 is 14.2 Å². The second-order valence-corrected chi connectivity index (χ2v) is 7.41. The summed E-state index contributed by atoms with van der Waals surface area (Å²) in [5.41, 5.74) is 3.43. The van der Waals surface area contributed by atoms with Crippen molar-refractivity contribution in [3.8, 4) is 0 Å². The van der Waals surface area contributed by atoms with E-state index >= 15 is 0 Å². The third-order valence-electron chi connectivity index (χ3n) is 4.33. The molecule has 1 aliphatic heterocycles. The minimum absolute atomic E-state index is 0.247. The lowest BCUT2D eigenvalue weighted by Crippen LogP contribution is -2.36. The molecule has 4 rings (SSSR count). The molecular formula is C17H20N6OS. The zero-order valence-electron chi connectivity index (χ0n) is 14.3. The van der Waals surface area contributed by atoms with Gasteiger partial charge in [0, 0.05) is 37.6 Å². The van der Waals surface area contributed by atoms with E-state index in [2.05, 4.69) is 29.6 Å². The maximum atomic E-state index is 5.99. The van der Waals surface area contributed by atoms with Gasteiger partial charge in [0.15, 0.2) is 0 Å². The molecule has 0 spiro atoms. The second kappa shape index (κ2) is 6.89. The highest BCUT2D eigenvalue weighted by atomic mass is 32.1. The molecule has 0 aromatic carbocycles. The quantitative estimate of drug-likeness (QED) is 0.699. The maximum Gasteiger partial charge on any atom is 0.208 e. The fraction of sp³-hybridized carbons (Fsp3) is 0.412. The molecule has 3 aromatic heterocycles. The van der Waals surface area contributed by atoms with Crippen molar-refractivity contribution in [2.75, 3.05) is 18.1 Å². The SMILES string of the molecule is Cc1nnc(N2Cc3ncn(C)c3[C@@H](COCc3cccnc3)C2)s1. The van der Waals surface area contributed by atoms with Gasteiger partial charge in [-0.15, -0.1) is 10.2 Å². The van der Waals surface area contributed by atoms with Crippen molar-refractivity contribution in [1.29, 1.82) is 0 Å². The fourth-order valence-corrected chi connectivity index (χ4v) is 3.92. The number of rotatable bonds is 5. The van der Waals surface area contributed by atoms with Gasteiger partial charge in [-0.2, -0.15) is 0 Å². The van der Waals surface area contributed by atoms with Crippen molar-refractivity contribution >= 4 is 16.5 Å². The lowest BCUT2D eigenvalue weighted by molar-refractivity contribution is 0.104. The van der Waals surface area contributed by atoms with Crippen LogP contribution in [-0.4, -0.2) is 37.9 Å². The van der Waals surface area contributed by atoms with Crippen molar-refractivity contribution in [3.63, 3.8) is 0 Å². The number of pyridine rings is 1. The minimum atomic E-state index is 0.247. The largest absolute Gasteiger partial charge is 0.376 e. The monoisotopic (exact) mass is 356 g/mol. The van der Waals surface area contributed by atoms with Crippen molar-refractivity contribution in [1.82, 2.24) is 24.7 Å². The Labute approximate surface area is 150 Å². The van der Waals surface area contributed by atoms with E-state index in [-0.39, 0.29) is 5.92 Å². The van der Waals surface area contributed by atoms with Crippen LogP contribution >= 0.6 is 11.3 Å². The molecule has 8 heteroatoms. The Morgan fingerprint density at radius 3 is 3.04 bits per heavy atom. The number of aryl methyl sites for hydroxylation is 2. The van der Waals surface area contributed by atoms with Crippen LogP contribution < -0.4 is 4.90 Å². The van der Waals surface area contributed by atoms with E-state index in [0.29, 0.717) is 13.2 Å². The van der Waals surface area contributed by atoms with Crippen molar-refractivity contribution < 1.29 is 4.74 Å². The molecule has 0 bridgehead atoms. The van der Waals surface area contributed by atoms with Crippen LogP contribution in [-0.2, 0) is 24.9 Å². The number of imidazole rings is 1. The van der Waals surface area contributed by atoms with Gasteiger partial charge in [0.25, 0.3) is 0 Å². The van der Waals surface area contributed by atoms with E-state index in [0.717, 1.165) is 34.5 Å². The van der Waals surface area contributed by atoms with Crippen molar-refractivity contribution in [2.24, 2.45) is 7.05 Å². The lowest BCUT2D eigenvalue weighted by atomic mass is 9.99.